The van der Waals surface area contributed by atoms with E-state index < -0.39 is 34.0 Å². The molecule has 0 N–H and O–H groups in total. The van der Waals surface area contributed by atoms with Crippen LogP contribution < -0.4 is 0 Å². The number of halogens is 11. The molecule has 0 aliphatic heterocycles. The van der Waals surface area contributed by atoms with Crippen LogP contribution in [0.5, 0.6) is 0 Å². The van der Waals surface area contributed by atoms with Gasteiger partial charge in [-0.3, -0.25) is 0 Å². The second-order valence-corrected chi connectivity index (χ2v) is 4.01. The summed E-state index contributed by atoms with van der Waals surface area (Å²) in [7, 11) is 0. The summed E-state index contributed by atoms with van der Waals surface area (Å²) in [5, 5.41) is -4.52. The zero-order valence-corrected chi connectivity index (χ0v) is 9.58. The van der Waals surface area contributed by atoms with E-state index in [0.717, 1.165) is 0 Å². The molecule has 11 heteroatoms. The average Bonchev–Trinajstić information content (AvgIpc) is 1.98. The molecule has 0 aliphatic carbocycles. The third-order valence-corrected chi connectivity index (χ3v) is 2.51. The number of rotatable bonds is 3. The van der Waals surface area contributed by atoms with Gasteiger partial charge in [-0.05, 0) is 27.5 Å². The van der Waals surface area contributed by atoms with Crippen molar-refractivity contribution in [1.82, 2.24) is 0 Å². The molecule has 0 nitrogen and oxygen atoms in total. The Balaban J connectivity index is 5.45. The van der Waals surface area contributed by atoms with Crippen LogP contribution in [0.4, 0.5) is 39.5 Å². The lowest BCUT2D eigenvalue weighted by atomic mass is 10.1. The van der Waals surface area contributed by atoms with Crippen LogP contribution in [-0.2, 0) is 0 Å². The van der Waals surface area contributed by atoms with Gasteiger partial charge in [0.15, 0.2) is 0 Å². The Labute approximate surface area is 102 Å². The lowest BCUT2D eigenvalue weighted by molar-refractivity contribution is -0.342. The largest absolute Gasteiger partial charge is 0.460 e. The van der Waals surface area contributed by atoms with Gasteiger partial charge in [-0.25, -0.2) is 0 Å². The van der Waals surface area contributed by atoms with Crippen LogP contribution in [0, 0.1) is 0 Å². The van der Waals surface area contributed by atoms with Crippen molar-refractivity contribution in [3.05, 3.63) is 10.6 Å². The maximum Gasteiger partial charge on any atom is 0.460 e. The Hall–Kier alpha value is -0.120. The summed E-state index contributed by atoms with van der Waals surface area (Å²) in [4.78, 5) is 0. The van der Waals surface area contributed by atoms with E-state index in [0.29, 0.717) is 0 Å². The number of alkyl halides is 10. The minimum Gasteiger partial charge on any atom is -0.195 e. The first kappa shape index (κ1) is 16.9. The number of hydrogen-bond acceptors (Lipinski definition) is 0. The fourth-order valence-corrected chi connectivity index (χ4v) is 0.863. The van der Waals surface area contributed by atoms with Gasteiger partial charge in [0.2, 0.25) is 0 Å². The fraction of sp³-hybridized carbons (Fsp3) is 0.667. The van der Waals surface area contributed by atoms with Gasteiger partial charge >= 0.3 is 23.4 Å². The quantitative estimate of drug-likeness (QED) is 0.495. The molecule has 0 spiro atoms. The SMILES string of the molecule is FC(F)(Cl)/C(Br)=C\C(F)(F)C(F)(F)C(F)(F)F. The average molecular weight is 359 g/mol. The van der Waals surface area contributed by atoms with E-state index in [1.54, 1.807) is 15.9 Å². The molecule has 0 saturated carbocycles. The second-order valence-electron chi connectivity index (χ2n) is 2.69. The number of allylic oxidation sites excluding steroid dienone is 2. The van der Waals surface area contributed by atoms with Crippen molar-refractivity contribution in [3.63, 3.8) is 0 Å². The molecule has 0 radical (unpaired) electrons. The Morgan fingerprint density at radius 2 is 1.24 bits per heavy atom. The lowest BCUT2D eigenvalue weighted by Gasteiger charge is -2.26. The van der Waals surface area contributed by atoms with E-state index in [4.69, 9.17) is 0 Å². The summed E-state index contributed by atoms with van der Waals surface area (Å²) in [6, 6.07) is 0. The molecule has 0 amide bonds. The molecule has 0 aliphatic rings. The second kappa shape index (κ2) is 4.52. The highest BCUT2D eigenvalue weighted by Gasteiger charge is 2.72. The van der Waals surface area contributed by atoms with Crippen molar-refractivity contribution in [3.8, 4) is 0 Å². The Morgan fingerprint density at radius 3 is 1.47 bits per heavy atom. The normalized spacial score (nSPS) is 16.3. The van der Waals surface area contributed by atoms with Crippen molar-refractivity contribution < 1.29 is 39.5 Å². The van der Waals surface area contributed by atoms with Crippen LogP contribution in [0.15, 0.2) is 10.6 Å². The minimum absolute atomic E-state index is 1.28. The summed E-state index contributed by atoms with van der Waals surface area (Å²) in [5.74, 6) is -12.4. The van der Waals surface area contributed by atoms with Gasteiger partial charge in [-0.15, -0.1) is 0 Å². The molecule has 102 valence electrons. The third kappa shape index (κ3) is 3.67. The van der Waals surface area contributed by atoms with Gasteiger partial charge in [-0.1, -0.05) is 0 Å². The Bertz CT molecular complexity index is 312. The predicted octanol–water partition coefficient (Wildman–Crippen LogP) is 4.93. The highest BCUT2D eigenvalue weighted by atomic mass is 79.9. The summed E-state index contributed by atoms with van der Waals surface area (Å²) in [6.07, 6.45) is -7.88. The molecular weight excluding hydrogens is 358 g/mol. The molecular formula is C6HBrClF9. The minimum atomic E-state index is -6.60. The maximum atomic E-state index is 12.5. The van der Waals surface area contributed by atoms with Gasteiger partial charge in [-0.2, -0.15) is 39.5 Å². The molecule has 0 fully saturated rings. The van der Waals surface area contributed by atoms with Gasteiger partial charge in [0, 0.05) is 6.08 Å². The monoisotopic (exact) mass is 358 g/mol. The Morgan fingerprint density at radius 1 is 0.882 bits per heavy atom. The zero-order chi connectivity index (χ0) is 14.3. The first-order valence-electron chi connectivity index (χ1n) is 3.41. The van der Waals surface area contributed by atoms with Crippen molar-refractivity contribution in [1.29, 1.82) is 0 Å². The lowest BCUT2D eigenvalue weighted by Crippen LogP contribution is -2.51. The third-order valence-electron chi connectivity index (χ3n) is 1.35. The molecule has 0 heterocycles. The van der Waals surface area contributed by atoms with Crippen LogP contribution in [0.1, 0.15) is 0 Å². The van der Waals surface area contributed by atoms with Crippen LogP contribution in [0.2, 0.25) is 0 Å². The van der Waals surface area contributed by atoms with E-state index in [9.17, 15) is 39.5 Å². The van der Waals surface area contributed by atoms with E-state index in [2.05, 4.69) is 11.6 Å². The van der Waals surface area contributed by atoms with Crippen molar-refractivity contribution in [2.75, 3.05) is 0 Å². The Kier molecular flexibility index (Phi) is 4.49. The highest BCUT2D eigenvalue weighted by molar-refractivity contribution is 9.11. The van der Waals surface area contributed by atoms with Gasteiger partial charge in [0.1, 0.15) is 0 Å². The maximum absolute atomic E-state index is 12.5. The topological polar surface area (TPSA) is 0 Å². The summed E-state index contributed by atoms with van der Waals surface area (Å²) >= 11 is 5.84. The number of hydrogen-bond donors (Lipinski definition) is 0. The molecule has 0 aromatic carbocycles. The molecule has 0 aromatic rings. The van der Waals surface area contributed by atoms with E-state index in [1.165, 1.54) is 0 Å². The van der Waals surface area contributed by atoms with E-state index >= 15 is 0 Å². The first-order valence-corrected chi connectivity index (χ1v) is 4.58. The van der Waals surface area contributed by atoms with Gasteiger partial charge in [0.25, 0.3) is 0 Å². The molecule has 0 bridgehead atoms. The van der Waals surface area contributed by atoms with Crippen LogP contribution in [-0.4, -0.2) is 23.4 Å². The predicted molar refractivity (Wildman–Crippen MR) is 43.8 cm³/mol. The van der Waals surface area contributed by atoms with Crippen molar-refractivity contribution in [2.45, 2.75) is 23.4 Å². The van der Waals surface area contributed by atoms with Gasteiger partial charge in [0.05, 0.1) is 4.48 Å². The van der Waals surface area contributed by atoms with Crippen molar-refractivity contribution in [2.24, 2.45) is 0 Å². The van der Waals surface area contributed by atoms with Crippen molar-refractivity contribution >= 4 is 27.5 Å². The molecule has 0 rings (SSSR count). The zero-order valence-electron chi connectivity index (χ0n) is 7.23. The molecule has 17 heavy (non-hydrogen) atoms. The standard InChI is InChI=1S/C6HBrClF9/c7-2(4(8,11)12)1-3(9,10)5(13,14)6(15,16)17/h1H/b2-1+. The van der Waals surface area contributed by atoms with Gasteiger partial charge < -0.3 is 0 Å². The van der Waals surface area contributed by atoms with Crippen LogP contribution in [0.25, 0.3) is 0 Å². The summed E-state index contributed by atoms with van der Waals surface area (Å²) < 4.78 is 106. The summed E-state index contributed by atoms with van der Waals surface area (Å²) in [5.41, 5.74) is 0. The van der Waals surface area contributed by atoms with E-state index in [1.807, 2.05) is 0 Å². The molecule has 0 aromatic heterocycles. The van der Waals surface area contributed by atoms with Crippen LogP contribution in [0.3, 0.4) is 0 Å². The molecule has 0 unspecified atom stereocenters. The molecule has 0 atom stereocenters. The highest BCUT2D eigenvalue weighted by Crippen LogP contribution is 2.49. The smallest absolute Gasteiger partial charge is 0.195 e. The fourth-order valence-electron chi connectivity index (χ4n) is 0.521. The summed E-state index contributed by atoms with van der Waals surface area (Å²) in [6.45, 7) is 0. The molecule has 0 saturated heterocycles. The van der Waals surface area contributed by atoms with Crippen LogP contribution >= 0.6 is 27.5 Å². The van der Waals surface area contributed by atoms with E-state index in [-0.39, 0.29) is 0 Å². The first-order chi connectivity index (χ1) is 7.13.